The Bertz CT molecular complexity index is 578. The molecule has 0 unspecified atom stereocenters. The van der Waals surface area contributed by atoms with Crippen molar-refractivity contribution < 1.29 is 5.11 Å². The topological polar surface area (TPSA) is 52.5 Å². The van der Waals surface area contributed by atoms with E-state index in [1.165, 1.54) is 0 Å². The number of aliphatic hydroxyl groups excluding tert-OH is 1. The van der Waals surface area contributed by atoms with Crippen LogP contribution in [0.5, 0.6) is 0 Å². The summed E-state index contributed by atoms with van der Waals surface area (Å²) in [5, 5.41) is 13.6. The average molecular weight is 332 g/mol. The third-order valence-corrected chi connectivity index (χ3v) is 5.25. The second-order valence-corrected chi connectivity index (χ2v) is 7.12. The number of pyridine rings is 1. The van der Waals surface area contributed by atoms with Gasteiger partial charge in [-0.2, -0.15) is 0 Å². The number of aromatic nitrogens is 2. The average Bonchev–Trinajstić information content (AvgIpc) is 3.07. The molecule has 1 aliphatic heterocycles. The first-order valence-corrected chi connectivity index (χ1v) is 8.99. The van der Waals surface area contributed by atoms with E-state index in [4.69, 9.17) is 0 Å². The molecule has 6 heteroatoms. The predicted octanol–water partition coefficient (Wildman–Crippen LogP) is 1.65. The van der Waals surface area contributed by atoms with Crippen molar-refractivity contribution in [3.8, 4) is 0 Å². The summed E-state index contributed by atoms with van der Waals surface area (Å²) in [5.74, 6) is 0. The van der Waals surface area contributed by atoms with E-state index < -0.39 is 0 Å². The number of thiazole rings is 1. The largest absolute Gasteiger partial charge is 0.390 e. The van der Waals surface area contributed by atoms with Gasteiger partial charge < -0.3 is 10.0 Å². The van der Waals surface area contributed by atoms with Crippen LogP contribution < -0.4 is 0 Å². The molecular formula is C17H24N4OS. The molecule has 0 aliphatic carbocycles. The highest BCUT2D eigenvalue weighted by atomic mass is 32.1. The maximum absolute atomic E-state index is 10.5. The number of β-amino-alcohol motifs (C(OH)–C–C–N with tert-alkyl or cyclic N) is 1. The molecule has 0 spiro atoms. The number of rotatable bonds is 6. The Hall–Kier alpha value is -1.34. The molecule has 0 amide bonds. The molecule has 0 radical (unpaired) electrons. The highest BCUT2D eigenvalue weighted by Gasteiger charge is 2.30. The van der Waals surface area contributed by atoms with E-state index in [9.17, 15) is 5.11 Å². The predicted molar refractivity (Wildman–Crippen MR) is 92.4 cm³/mol. The van der Waals surface area contributed by atoms with Gasteiger partial charge in [-0.3, -0.25) is 9.88 Å². The van der Waals surface area contributed by atoms with Gasteiger partial charge in [0.1, 0.15) is 5.01 Å². The summed E-state index contributed by atoms with van der Waals surface area (Å²) in [6, 6.07) is 6.25. The number of aliphatic hydroxyl groups is 1. The van der Waals surface area contributed by atoms with Gasteiger partial charge in [-0.05, 0) is 25.6 Å². The van der Waals surface area contributed by atoms with E-state index in [0.29, 0.717) is 0 Å². The normalized spacial score (nSPS) is 22.6. The van der Waals surface area contributed by atoms with Gasteiger partial charge in [0.05, 0.1) is 12.6 Å². The molecule has 1 N–H and O–H groups in total. The molecule has 3 rings (SSSR count). The first-order chi connectivity index (χ1) is 11.2. The minimum Gasteiger partial charge on any atom is -0.390 e. The number of nitrogens with zero attached hydrogens (tertiary/aromatic N) is 4. The minimum atomic E-state index is -0.308. The summed E-state index contributed by atoms with van der Waals surface area (Å²) in [6.45, 7) is 3.50. The Morgan fingerprint density at radius 2 is 2.26 bits per heavy atom. The van der Waals surface area contributed by atoms with Crippen molar-refractivity contribution in [2.45, 2.75) is 31.5 Å². The quantitative estimate of drug-likeness (QED) is 0.872. The minimum absolute atomic E-state index is 0.228. The zero-order chi connectivity index (χ0) is 16.1. The zero-order valence-corrected chi connectivity index (χ0v) is 14.3. The summed E-state index contributed by atoms with van der Waals surface area (Å²) in [4.78, 5) is 13.3. The van der Waals surface area contributed by atoms with Gasteiger partial charge in [-0.1, -0.05) is 6.07 Å². The van der Waals surface area contributed by atoms with Crippen molar-refractivity contribution in [3.63, 3.8) is 0 Å². The van der Waals surface area contributed by atoms with Crippen LogP contribution in [0.4, 0.5) is 0 Å². The first kappa shape index (κ1) is 16.5. The van der Waals surface area contributed by atoms with Crippen LogP contribution in [0.25, 0.3) is 0 Å². The van der Waals surface area contributed by atoms with Crippen molar-refractivity contribution in [2.24, 2.45) is 0 Å². The molecule has 1 fully saturated rings. The van der Waals surface area contributed by atoms with Gasteiger partial charge in [-0.25, -0.2) is 4.98 Å². The maximum Gasteiger partial charge on any atom is 0.107 e. The number of likely N-dealkylation sites (N-methyl/N-ethyl adjacent to an activating group) is 1. The van der Waals surface area contributed by atoms with E-state index in [2.05, 4.69) is 32.9 Å². The molecule has 2 atom stereocenters. The van der Waals surface area contributed by atoms with Crippen molar-refractivity contribution in [1.82, 2.24) is 19.8 Å². The molecule has 0 saturated carbocycles. The van der Waals surface area contributed by atoms with E-state index >= 15 is 0 Å². The van der Waals surface area contributed by atoms with Gasteiger partial charge >= 0.3 is 0 Å². The van der Waals surface area contributed by atoms with E-state index in [1.54, 1.807) is 11.3 Å². The second kappa shape index (κ2) is 7.97. The maximum atomic E-state index is 10.5. The number of hydrogen-bond acceptors (Lipinski definition) is 6. The third-order valence-electron chi connectivity index (χ3n) is 4.49. The van der Waals surface area contributed by atoms with Crippen molar-refractivity contribution in [3.05, 3.63) is 46.7 Å². The summed E-state index contributed by atoms with van der Waals surface area (Å²) >= 11 is 1.68. The van der Waals surface area contributed by atoms with Crippen molar-refractivity contribution in [2.75, 3.05) is 26.7 Å². The van der Waals surface area contributed by atoms with Gasteiger partial charge in [0.2, 0.25) is 0 Å². The third kappa shape index (κ3) is 4.57. The molecule has 1 aliphatic rings. The number of hydrogen-bond donors (Lipinski definition) is 1. The summed E-state index contributed by atoms with van der Waals surface area (Å²) < 4.78 is 0. The number of piperidine rings is 1. The molecule has 3 heterocycles. The Morgan fingerprint density at radius 1 is 1.35 bits per heavy atom. The molecule has 2 aromatic rings. The lowest BCUT2D eigenvalue weighted by Gasteiger charge is -2.40. The van der Waals surface area contributed by atoms with Crippen LogP contribution in [-0.4, -0.2) is 63.7 Å². The van der Waals surface area contributed by atoms with Crippen molar-refractivity contribution >= 4 is 11.3 Å². The Kier molecular flexibility index (Phi) is 5.72. The number of likely N-dealkylation sites (tertiary alicyclic amines) is 1. The molecule has 0 bridgehead atoms. The van der Waals surface area contributed by atoms with Crippen LogP contribution in [0.1, 0.15) is 17.1 Å². The van der Waals surface area contributed by atoms with Gasteiger partial charge in [-0.15, -0.1) is 11.3 Å². The summed E-state index contributed by atoms with van der Waals surface area (Å²) in [6.07, 6.45) is 5.28. The lowest BCUT2D eigenvalue weighted by atomic mass is 10.00. The molecule has 2 aromatic heterocycles. The van der Waals surface area contributed by atoms with Crippen LogP contribution >= 0.6 is 11.3 Å². The highest BCUT2D eigenvalue weighted by molar-refractivity contribution is 7.09. The molecule has 5 nitrogen and oxygen atoms in total. The lowest BCUT2D eigenvalue weighted by Crippen LogP contribution is -2.53. The van der Waals surface area contributed by atoms with E-state index in [0.717, 1.165) is 49.7 Å². The van der Waals surface area contributed by atoms with Crippen LogP contribution in [0.2, 0.25) is 0 Å². The molecule has 124 valence electrons. The van der Waals surface area contributed by atoms with E-state index in [1.807, 2.05) is 29.9 Å². The fourth-order valence-electron chi connectivity index (χ4n) is 3.17. The molecular weight excluding hydrogens is 308 g/mol. The summed E-state index contributed by atoms with van der Waals surface area (Å²) in [7, 11) is 2.10. The Balaban J connectivity index is 1.47. The van der Waals surface area contributed by atoms with Crippen molar-refractivity contribution in [1.29, 1.82) is 0 Å². The van der Waals surface area contributed by atoms with E-state index in [-0.39, 0.29) is 12.1 Å². The molecule has 1 saturated heterocycles. The van der Waals surface area contributed by atoms with Crippen LogP contribution in [0.15, 0.2) is 36.0 Å². The first-order valence-electron chi connectivity index (χ1n) is 8.11. The van der Waals surface area contributed by atoms with Gasteiger partial charge in [0.25, 0.3) is 0 Å². The SMILES string of the molecule is CN(CCc1ccccn1)[C@@H]1CCN(Cc2nccs2)C[C@H]1O. The Labute approximate surface area is 141 Å². The second-order valence-electron chi connectivity index (χ2n) is 6.14. The van der Waals surface area contributed by atoms with Crippen LogP contribution in [0, 0.1) is 0 Å². The zero-order valence-electron chi connectivity index (χ0n) is 13.5. The Morgan fingerprint density at radius 3 is 2.96 bits per heavy atom. The molecule has 23 heavy (non-hydrogen) atoms. The van der Waals surface area contributed by atoms with Crippen LogP contribution in [-0.2, 0) is 13.0 Å². The standard InChI is InChI=1S/C17H24N4OS/c1-20(9-5-14-4-2-3-7-18-14)15-6-10-21(12-16(15)22)13-17-19-8-11-23-17/h2-4,7-8,11,15-16,22H,5-6,9-10,12-13H2,1H3/t15-,16-/m1/s1. The summed E-state index contributed by atoms with van der Waals surface area (Å²) in [5.41, 5.74) is 1.11. The van der Waals surface area contributed by atoms with Crippen LogP contribution in [0.3, 0.4) is 0 Å². The van der Waals surface area contributed by atoms with Gasteiger partial charge in [0.15, 0.2) is 0 Å². The monoisotopic (exact) mass is 332 g/mol. The fraction of sp³-hybridized carbons (Fsp3) is 0.529. The molecule has 0 aromatic carbocycles. The highest BCUT2D eigenvalue weighted by Crippen LogP contribution is 2.19. The fourth-order valence-corrected chi connectivity index (χ4v) is 3.83. The van der Waals surface area contributed by atoms with Gasteiger partial charge in [0, 0.05) is 55.6 Å². The lowest BCUT2D eigenvalue weighted by molar-refractivity contribution is -0.00621. The smallest absolute Gasteiger partial charge is 0.107 e.